The molecule has 5 nitrogen and oxygen atoms in total. The normalized spacial score (nSPS) is 14.4. The van der Waals surface area contributed by atoms with Gasteiger partial charge in [0, 0.05) is 18.7 Å². The van der Waals surface area contributed by atoms with Gasteiger partial charge in [0.1, 0.15) is 11.4 Å². The number of nitrogens with zero attached hydrogens (tertiary/aromatic N) is 2. The lowest BCUT2D eigenvalue weighted by Crippen LogP contribution is -2.24. The summed E-state index contributed by atoms with van der Waals surface area (Å²) >= 11 is 0. The second-order valence-electron chi connectivity index (χ2n) is 5.22. The Kier molecular flexibility index (Phi) is 3.28. The van der Waals surface area contributed by atoms with Crippen molar-refractivity contribution in [2.24, 2.45) is 0 Å². The van der Waals surface area contributed by atoms with Crippen molar-refractivity contribution in [2.75, 3.05) is 0 Å². The van der Waals surface area contributed by atoms with E-state index in [0.29, 0.717) is 24.0 Å². The van der Waals surface area contributed by atoms with E-state index in [2.05, 4.69) is 10.4 Å². The van der Waals surface area contributed by atoms with E-state index in [0.717, 1.165) is 5.56 Å². The van der Waals surface area contributed by atoms with Crippen molar-refractivity contribution >= 4 is 0 Å². The summed E-state index contributed by atoms with van der Waals surface area (Å²) < 4.78 is 1.32. The zero-order valence-electron chi connectivity index (χ0n) is 11.3. The molecule has 104 valence electrons. The molecule has 3 rings (SSSR count). The van der Waals surface area contributed by atoms with Crippen molar-refractivity contribution in [3.8, 4) is 11.4 Å². The molecule has 0 unspecified atom stereocenters. The summed E-state index contributed by atoms with van der Waals surface area (Å²) in [6.07, 6.45) is 2.33. The lowest BCUT2D eigenvalue weighted by atomic mass is 10.2. The number of hydrogen-bond donors (Lipinski definition) is 2. The van der Waals surface area contributed by atoms with Gasteiger partial charge in [-0.1, -0.05) is 17.7 Å². The predicted molar refractivity (Wildman–Crippen MR) is 76.1 cm³/mol. The van der Waals surface area contributed by atoms with Crippen LogP contribution in [0, 0.1) is 6.92 Å². The Labute approximate surface area is 116 Å². The molecule has 0 radical (unpaired) electrons. The highest BCUT2D eigenvalue weighted by Crippen LogP contribution is 2.20. The Bertz CT molecular complexity index is 673. The number of aryl methyl sites for hydroxylation is 1. The fourth-order valence-corrected chi connectivity index (χ4v) is 2.01. The molecule has 1 heterocycles. The molecule has 2 N–H and O–H groups in total. The molecular weight excluding hydrogens is 254 g/mol. The molecule has 1 aromatic heterocycles. The van der Waals surface area contributed by atoms with Gasteiger partial charge in [0.25, 0.3) is 5.56 Å². The van der Waals surface area contributed by atoms with E-state index in [4.69, 9.17) is 0 Å². The van der Waals surface area contributed by atoms with Crippen LogP contribution in [-0.4, -0.2) is 20.9 Å². The summed E-state index contributed by atoms with van der Waals surface area (Å²) in [4.78, 5) is 11.9. The van der Waals surface area contributed by atoms with Crippen LogP contribution in [0.3, 0.4) is 0 Å². The smallest absolute Gasteiger partial charge is 0.275 e. The topological polar surface area (TPSA) is 67.2 Å². The van der Waals surface area contributed by atoms with Crippen LogP contribution in [0.2, 0.25) is 0 Å². The van der Waals surface area contributed by atoms with Gasteiger partial charge < -0.3 is 10.4 Å². The molecule has 5 heteroatoms. The van der Waals surface area contributed by atoms with E-state index < -0.39 is 0 Å². The van der Waals surface area contributed by atoms with Gasteiger partial charge in [-0.3, -0.25) is 4.79 Å². The van der Waals surface area contributed by atoms with Crippen molar-refractivity contribution in [1.82, 2.24) is 15.1 Å². The third-order valence-electron chi connectivity index (χ3n) is 3.40. The van der Waals surface area contributed by atoms with Gasteiger partial charge in [-0.05, 0) is 31.9 Å². The maximum atomic E-state index is 11.9. The average molecular weight is 271 g/mol. The molecule has 1 aromatic carbocycles. The first kappa shape index (κ1) is 12.9. The van der Waals surface area contributed by atoms with Crippen LogP contribution >= 0.6 is 0 Å². The lowest BCUT2D eigenvalue weighted by molar-refractivity contribution is 0.451. The number of aromatic nitrogens is 2. The fourth-order valence-electron chi connectivity index (χ4n) is 2.01. The Hall–Kier alpha value is -2.14. The first-order valence-corrected chi connectivity index (χ1v) is 6.76. The minimum atomic E-state index is -0.332. The highest BCUT2D eigenvalue weighted by molar-refractivity contribution is 5.35. The van der Waals surface area contributed by atoms with Crippen molar-refractivity contribution in [1.29, 1.82) is 0 Å². The second kappa shape index (κ2) is 5.09. The molecule has 0 aliphatic heterocycles. The van der Waals surface area contributed by atoms with Crippen LogP contribution in [0.4, 0.5) is 0 Å². The highest BCUT2D eigenvalue weighted by atomic mass is 16.3. The van der Waals surface area contributed by atoms with Crippen molar-refractivity contribution in [3.05, 3.63) is 51.9 Å². The second-order valence-corrected chi connectivity index (χ2v) is 5.22. The van der Waals surface area contributed by atoms with Crippen molar-refractivity contribution in [3.63, 3.8) is 0 Å². The number of rotatable bonds is 4. The predicted octanol–water partition coefficient (Wildman–Crippen LogP) is 1.50. The first-order valence-electron chi connectivity index (χ1n) is 6.76. The van der Waals surface area contributed by atoms with E-state index in [1.54, 1.807) is 0 Å². The van der Waals surface area contributed by atoms with Crippen molar-refractivity contribution < 1.29 is 5.11 Å². The molecule has 2 aromatic rings. The molecule has 0 saturated heterocycles. The molecule has 1 fully saturated rings. The largest absolute Gasteiger partial charge is 0.506 e. The summed E-state index contributed by atoms with van der Waals surface area (Å²) in [5.41, 5.74) is 1.99. The van der Waals surface area contributed by atoms with E-state index in [1.165, 1.54) is 23.6 Å². The van der Waals surface area contributed by atoms with Gasteiger partial charge in [0.15, 0.2) is 0 Å². The standard InChI is InChI=1S/C15H17N3O2/c1-10-2-6-12(7-3-10)18-15(20)8-14(19)13(17-18)9-16-11-4-5-11/h2-3,6-8,11,16,19H,4-5,9H2,1H3. The number of aromatic hydroxyl groups is 1. The maximum Gasteiger partial charge on any atom is 0.275 e. The monoisotopic (exact) mass is 271 g/mol. The molecule has 0 atom stereocenters. The number of hydrogen-bond acceptors (Lipinski definition) is 4. The van der Waals surface area contributed by atoms with E-state index >= 15 is 0 Å². The van der Waals surface area contributed by atoms with E-state index in [9.17, 15) is 9.90 Å². The van der Waals surface area contributed by atoms with Crippen LogP contribution in [0.15, 0.2) is 35.1 Å². The Morgan fingerprint density at radius 2 is 2.05 bits per heavy atom. The van der Waals surface area contributed by atoms with Crippen LogP contribution in [0.25, 0.3) is 5.69 Å². The molecule has 20 heavy (non-hydrogen) atoms. The zero-order chi connectivity index (χ0) is 14.1. The van der Waals surface area contributed by atoms with Gasteiger partial charge in [0.05, 0.1) is 5.69 Å². The fraction of sp³-hybridized carbons (Fsp3) is 0.333. The third-order valence-corrected chi connectivity index (χ3v) is 3.40. The zero-order valence-corrected chi connectivity index (χ0v) is 11.3. The van der Waals surface area contributed by atoms with Crippen LogP contribution < -0.4 is 10.9 Å². The first-order chi connectivity index (χ1) is 9.63. The van der Waals surface area contributed by atoms with Gasteiger partial charge in [-0.2, -0.15) is 9.78 Å². The summed E-state index contributed by atoms with van der Waals surface area (Å²) in [6.45, 7) is 2.46. The molecule has 1 aliphatic carbocycles. The number of benzene rings is 1. The minimum absolute atomic E-state index is 0.0495. The Balaban J connectivity index is 1.94. The Morgan fingerprint density at radius 1 is 1.35 bits per heavy atom. The molecule has 1 aliphatic rings. The lowest BCUT2D eigenvalue weighted by Gasteiger charge is -2.09. The van der Waals surface area contributed by atoms with Gasteiger partial charge >= 0.3 is 0 Å². The summed E-state index contributed by atoms with van der Waals surface area (Å²) in [5, 5.41) is 17.4. The quantitative estimate of drug-likeness (QED) is 0.884. The average Bonchev–Trinajstić information content (AvgIpc) is 3.23. The van der Waals surface area contributed by atoms with E-state index in [-0.39, 0.29) is 11.3 Å². The maximum absolute atomic E-state index is 11.9. The van der Waals surface area contributed by atoms with Gasteiger partial charge in [-0.25, -0.2) is 0 Å². The molecule has 0 amide bonds. The minimum Gasteiger partial charge on any atom is -0.506 e. The van der Waals surface area contributed by atoms with Gasteiger partial charge in [0.2, 0.25) is 0 Å². The SMILES string of the molecule is Cc1ccc(-n2nc(CNC3CC3)c(O)cc2=O)cc1. The molecule has 0 spiro atoms. The van der Waals surface area contributed by atoms with Crippen LogP contribution in [0.5, 0.6) is 5.75 Å². The molecule has 1 saturated carbocycles. The van der Waals surface area contributed by atoms with Crippen LogP contribution in [-0.2, 0) is 6.54 Å². The Morgan fingerprint density at radius 3 is 2.70 bits per heavy atom. The van der Waals surface area contributed by atoms with Gasteiger partial charge in [-0.15, -0.1) is 0 Å². The highest BCUT2D eigenvalue weighted by Gasteiger charge is 2.21. The summed E-state index contributed by atoms with van der Waals surface area (Å²) in [5.74, 6) is -0.0495. The summed E-state index contributed by atoms with van der Waals surface area (Å²) in [6, 6.07) is 9.29. The van der Waals surface area contributed by atoms with E-state index in [1.807, 2.05) is 31.2 Å². The van der Waals surface area contributed by atoms with Crippen molar-refractivity contribution in [2.45, 2.75) is 32.4 Å². The summed E-state index contributed by atoms with van der Waals surface area (Å²) in [7, 11) is 0. The number of nitrogens with one attached hydrogen (secondary N) is 1. The molecular formula is C15H17N3O2. The van der Waals surface area contributed by atoms with Crippen LogP contribution in [0.1, 0.15) is 24.1 Å². The molecule has 0 bridgehead atoms. The third kappa shape index (κ3) is 2.72.